The van der Waals surface area contributed by atoms with Crippen LogP contribution < -0.4 is 0 Å². The van der Waals surface area contributed by atoms with Crippen LogP contribution in [0.5, 0.6) is 0 Å². The number of rotatable bonds is 6. The van der Waals surface area contributed by atoms with Crippen molar-refractivity contribution in [2.24, 2.45) is 0 Å². The molecule has 5 heteroatoms. The van der Waals surface area contributed by atoms with E-state index in [-0.39, 0.29) is 0 Å². The summed E-state index contributed by atoms with van der Waals surface area (Å²) in [4.78, 5) is 15.4. The number of hydrogen-bond acceptors (Lipinski definition) is 5. The minimum Gasteiger partial charge on any atom is -0.456 e. The number of fused-ring (bicyclic) bond motifs is 6. The van der Waals surface area contributed by atoms with Crippen LogP contribution in [0.2, 0.25) is 0 Å². The molecule has 0 saturated heterocycles. The lowest BCUT2D eigenvalue weighted by molar-refractivity contribution is 0.668. The van der Waals surface area contributed by atoms with Crippen LogP contribution in [-0.2, 0) is 0 Å². The third kappa shape index (κ3) is 5.62. The van der Waals surface area contributed by atoms with Crippen LogP contribution in [0, 0.1) is 0 Å². The molecule has 0 fully saturated rings. The minimum atomic E-state index is 0.591. The molecule has 0 bridgehead atoms. The third-order valence-corrected chi connectivity index (χ3v) is 10.5. The largest absolute Gasteiger partial charge is 0.456 e. The summed E-state index contributed by atoms with van der Waals surface area (Å²) < 4.78 is 12.4. The first-order valence-corrected chi connectivity index (χ1v) is 18.7. The van der Waals surface area contributed by atoms with E-state index in [9.17, 15) is 0 Å². The first-order chi connectivity index (χ1) is 27.7. The Kier molecular flexibility index (Phi) is 7.42. The highest BCUT2D eigenvalue weighted by molar-refractivity contribution is 6.07. The normalized spacial score (nSPS) is 11.6. The molecule has 11 rings (SSSR count). The van der Waals surface area contributed by atoms with Crippen LogP contribution in [0.25, 0.3) is 111 Å². The minimum absolute atomic E-state index is 0.591. The number of para-hydroxylation sites is 2. The molecule has 0 spiro atoms. The summed E-state index contributed by atoms with van der Waals surface area (Å²) in [5.74, 6) is 1.81. The number of aromatic nitrogens is 3. The molecule has 8 aromatic carbocycles. The van der Waals surface area contributed by atoms with Crippen molar-refractivity contribution in [1.82, 2.24) is 15.0 Å². The van der Waals surface area contributed by atoms with E-state index in [1.807, 2.05) is 60.7 Å². The fourth-order valence-corrected chi connectivity index (χ4v) is 7.69. The average Bonchev–Trinajstić information content (AvgIpc) is 3.84. The second-order valence-electron chi connectivity index (χ2n) is 14.0. The summed E-state index contributed by atoms with van der Waals surface area (Å²) in [6.45, 7) is 0. The van der Waals surface area contributed by atoms with Crippen molar-refractivity contribution in [3.63, 3.8) is 0 Å². The molecule has 0 atom stereocenters. The molecule has 5 nitrogen and oxygen atoms in total. The molecule has 0 aliphatic rings. The SMILES string of the molecule is c1ccc(-c2ccc(-c3nc(-c4ccccc4)nc(-c4cc(-c5ccc6oc7ccccc7c6c5)cc(-c5ccc6oc7ccccc7c6c5)c4)n3)cc2)cc1. The van der Waals surface area contributed by atoms with Crippen LogP contribution in [0.1, 0.15) is 0 Å². The van der Waals surface area contributed by atoms with Gasteiger partial charge in [-0.15, -0.1) is 0 Å². The van der Waals surface area contributed by atoms with Crippen LogP contribution >= 0.6 is 0 Å². The van der Waals surface area contributed by atoms with Crippen molar-refractivity contribution in [3.8, 4) is 67.5 Å². The van der Waals surface area contributed by atoms with Crippen molar-refractivity contribution in [2.45, 2.75) is 0 Å². The zero-order chi connectivity index (χ0) is 37.0. The smallest absolute Gasteiger partial charge is 0.164 e. The average molecular weight is 718 g/mol. The maximum absolute atomic E-state index is 6.20. The van der Waals surface area contributed by atoms with Crippen molar-refractivity contribution in [1.29, 1.82) is 0 Å². The predicted octanol–water partition coefficient (Wildman–Crippen LogP) is 13.7. The highest BCUT2D eigenvalue weighted by Crippen LogP contribution is 2.39. The van der Waals surface area contributed by atoms with Crippen molar-refractivity contribution < 1.29 is 8.83 Å². The molecule has 56 heavy (non-hydrogen) atoms. The van der Waals surface area contributed by atoms with Gasteiger partial charge in [0.2, 0.25) is 0 Å². The lowest BCUT2D eigenvalue weighted by Gasteiger charge is -2.13. The summed E-state index contributed by atoms with van der Waals surface area (Å²) in [6, 6.07) is 64.7. The highest BCUT2D eigenvalue weighted by atomic mass is 16.3. The van der Waals surface area contributed by atoms with Gasteiger partial charge in [-0.3, -0.25) is 0 Å². The van der Waals surface area contributed by atoms with Gasteiger partial charge in [-0.1, -0.05) is 133 Å². The lowest BCUT2D eigenvalue weighted by Crippen LogP contribution is -2.00. The monoisotopic (exact) mass is 717 g/mol. The first kappa shape index (κ1) is 31.9. The molecular formula is C51H31N3O2. The van der Waals surface area contributed by atoms with E-state index in [0.29, 0.717) is 17.5 Å². The zero-order valence-corrected chi connectivity index (χ0v) is 30.1. The quantitative estimate of drug-likeness (QED) is 0.171. The van der Waals surface area contributed by atoms with Gasteiger partial charge in [-0.05, 0) is 88.0 Å². The van der Waals surface area contributed by atoms with Gasteiger partial charge in [-0.2, -0.15) is 0 Å². The summed E-state index contributed by atoms with van der Waals surface area (Å²) in [6.07, 6.45) is 0. The summed E-state index contributed by atoms with van der Waals surface area (Å²) in [5.41, 5.74) is 12.7. The molecule has 0 aliphatic heterocycles. The van der Waals surface area contributed by atoms with E-state index in [2.05, 4.69) is 127 Å². The van der Waals surface area contributed by atoms with E-state index in [4.69, 9.17) is 23.8 Å². The Labute approximate surface area is 322 Å². The molecule has 0 radical (unpaired) electrons. The molecule has 0 saturated carbocycles. The van der Waals surface area contributed by atoms with Gasteiger partial charge in [0.1, 0.15) is 22.3 Å². The van der Waals surface area contributed by atoms with Crippen molar-refractivity contribution in [2.75, 3.05) is 0 Å². The topological polar surface area (TPSA) is 65.0 Å². The van der Waals surface area contributed by atoms with Gasteiger partial charge in [0.05, 0.1) is 0 Å². The fourth-order valence-electron chi connectivity index (χ4n) is 7.69. The van der Waals surface area contributed by atoms with Gasteiger partial charge in [0.15, 0.2) is 17.5 Å². The number of hydrogen-bond donors (Lipinski definition) is 0. The Balaban J connectivity index is 1.11. The van der Waals surface area contributed by atoms with E-state index in [0.717, 1.165) is 93.9 Å². The highest BCUT2D eigenvalue weighted by Gasteiger charge is 2.17. The molecule has 262 valence electrons. The Morgan fingerprint density at radius 3 is 1.12 bits per heavy atom. The molecule has 0 amide bonds. The van der Waals surface area contributed by atoms with Gasteiger partial charge >= 0.3 is 0 Å². The Morgan fingerprint density at radius 1 is 0.232 bits per heavy atom. The van der Waals surface area contributed by atoms with Gasteiger partial charge in [0.25, 0.3) is 0 Å². The lowest BCUT2D eigenvalue weighted by atomic mass is 9.94. The Hall–Kier alpha value is -7.63. The summed E-state index contributed by atoms with van der Waals surface area (Å²) >= 11 is 0. The van der Waals surface area contributed by atoms with Gasteiger partial charge in [0, 0.05) is 38.2 Å². The van der Waals surface area contributed by atoms with E-state index < -0.39 is 0 Å². The fraction of sp³-hybridized carbons (Fsp3) is 0. The Bertz CT molecular complexity index is 3110. The van der Waals surface area contributed by atoms with Crippen LogP contribution in [0.3, 0.4) is 0 Å². The molecule has 3 aromatic heterocycles. The standard InChI is InChI=1S/C51H31N3O2/c1-3-11-32(12-4-1)33-19-21-35(22-20-33)50-52-49(34-13-5-2-6-14-34)53-51(54-50)40-28-38(36-23-25-47-43(30-36)41-15-7-9-17-45(41)55-47)27-39(29-40)37-24-26-48-44(31-37)42-16-8-10-18-46(42)56-48/h1-31H. The molecular weight excluding hydrogens is 687 g/mol. The maximum atomic E-state index is 6.20. The van der Waals surface area contributed by atoms with Crippen molar-refractivity contribution in [3.05, 3.63) is 188 Å². The Morgan fingerprint density at radius 2 is 0.589 bits per heavy atom. The zero-order valence-electron chi connectivity index (χ0n) is 30.1. The number of benzene rings is 8. The van der Waals surface area contributed by atoms with Gasteiger partial charge in [-0.25, -0.2) is 15.0 Å². The molecule has 0 unspecified atom stereocenters. The first-order valence-electron chi connectivity index (χ1n) is 18.7. The van der Waals surface area contributed by atoms with Crippen LogP contribution in [0.4, 0.5) is 0 Å². The molecule has 11 aromatic rings. The second kappa shape index (κ2) is 13.0. The van der Waals surface area contributed by atoms with Crippen molar-refractivity contribution >= 4 is 43.9 Å². The summed E-state index contributed by atoms with van der Waals surface area (Å²) in [5, 5.41) is 4.32. The maximum Gasteiger partial charge on any atom is 0.164 e. The molecule has 0 N–H and O–H groups in total. The number of nitrogens with zero attached hydrogens (tertiary/aromatic N) is 3. The van der Waals surface area contributed by atoms with E-state index in [1.165, 1.54) is 0 Å². The second-order valence-corrected chi connectivity index (χ2v) is 14.0. The number of furan rings is 2. The van der Waals surface area contributed by atoms with Crippen LogP contribution in [0.15, 0.2) is 197 Å². The van der Waals surface area contributed by atoms with E-state index in [1.54, 1.807) is 0 Å². The van der Waals surface area contributed by atoms with E-state index >= 15 is 0 Å². The van der Waals surface area contributed by atoms with Crippen LogP contribution in [-0.4, -0.2) is 15.0 Å². The van der Waals surface area contributed by atoms with Gasteiger partial charge < -0.3 is 8.83 Å². The predicted molar refractivity (Wildman–Crippen MR) is 227 cm³/mol. The third-order valence-electron chi connectivity index (χ3n) is 10.5. The summed E-state index contributed by atoms with van der Waals surface area (Å²) in [7, 11) is 0. The molecule has 0 aliphatic carbocycles. The molecule has 3 heterocycles.